The molecule has 0 fully saturated rings. The third-order valence-electron chi connectivity index (χ3n) is 3.51. The first-order valence-corrected chi connectivity index (χ1v) is 8.30. The van der Waals surface area contributed by atoms with E-state index in [0.29, 0.717) is 29.5 Å². The van der Waals surface area contributed by atoms with E-state index >= 15 is 0 Å². The predicted molar refractivity (Wildman–Crippen MR) is 94.9 cm³/mol. The minimum absolute atomic E-state index is 0.0655. The van der Waals surface area contributed by atoms with Crippen molar-refractivity contribution < 1.29 is 4.79 Å². The van der Waals surface area contributed by atoms with E-state index in [1.165, 1.54) is 0 Å². The number of nitrogens with zero attached hydrogens (tertiary/aromatic N) is 1. The summed E-state index contributed by atoms with van der Waals surface area (Å²) in [6.07, 6.45) is 4.91. The third-order valence-corrected chi connectivity index (χ3v) is 3.87. The Kier molecular flexibility index (Phi) is 6.88. The second-order valence-corrected chi connectivity index (χ2v) is 5.74. The minimum atomic E-state index is -0.0655. The molecule has 0 aliphatic rings. The molecular weight excluding hydrogens is 310 g/mol. The number of hydrogen-bond donors (Lipinski definition) is 2. The Bertz CT molecular complexity index is 646. The second-order valence-electron chi connectivity index (χ2n) is 5.34. The van der Waals surface area contributed by atoms with Crippen LogP contribution in [0.1, 0.15) is 42.1 Å². The summed E-state index contributed by atoms with van der Waals surface area (Å²) in [6, 6.07) is 11.1. The summed E-state index contributed by atoms with van der Waals surface area (Å²) in [6.45, 7) is 3.41. The molecule has 4 nitrogen and oxygen atoms in total. The Morgan fingerprint density at radius 2 is 2.04 bits per heavy atom. The number of nitrogens with one attached hydrogen (secondary N) is 2. The van der Waals surface area contributed by atoms with Crippen LogP contribution in [0.25, 0.3) is 0 Å². The van der Waals surface area contributed by atoms with E-state index in [0.717, 1.165) is 24.8 Å². The Morgan fingerprint density at radius 1 is 1.22 bits per heavy atom. The van der Waals surface area contributed by atoms with Crippen molar-refractivity contribution in [3.05, 3.63) is 58.7 Å². The van der Waals surface area contributed by atoms with Crippen LogP contribution in [0.3, 0.4) is 0 Å². The van der Waals surface area contributed by atoms with Crippen molar-refractivity contribution in [1.82, 2.24) is 10.3 Å². The number of carbonyl (C=O) groups is 1. The monoisotopic (exact) mass is 331 g/mol. The molecule has 0 atom stereocenters. The maximum Gasteiger partial charge on any atom is 0.251 e. The summed E-state index contributed by atoms with van der Waals surface area (Å²) in [4.78, 5) is 16.3. The number of anilines is 1. The van der Waals surface area contributed by atoms with E-state index in [2.05, 4.69) is 22.5 Å². The molecule has 1 heterocycles. The first-order chi connectivity index (χ1) is 11.2. The van der Waals surface area contributed by atoms with Crippen LogP contribution in [0.5, 0.6) is 0 Å². The molecule has 2 rings (SSSR count). The highest BCUT2D eigenvalue weighted by atomic mass is 35.5. The summed E-state index contributed by atoms with van der Waals surface area (Å²) in [7, 11) is 0. The average molecular weight is 332 g/mol. The van der Waals surface area contributed by atoms with Gasteiger partial charge in [0.05, 0.1) is 0 Å². The standard InChI is InChI=1S/C18H22ClN3O/c1-2-3-6-10-21-18(23)14-9-11-20-17(12-14)22-13-15-7-4-5-8-16(15)19/h4-5,7-9,11-12H,2-3,6,10,13H2,1H3,(H,20,22)(H,21,23). The molecule has 5 heteroatoms. The normalized spacial score (nSPS) is 10.3. The van der Waals surface area contributed by atoms with E-state index < -0.39 is 0 Å². The van der Waals surface area contributed by atoms with E-state index in [9.17, 15) is 4.79 Å². The van der Waals surface area contributed by atoms with Gasteiger partial charge >= 0.3 is 0 Å². The van der Waals surface area contributed by atoms with Crippen molar-refractivity contribution in [2.45, 2.75) is 32.7 Å². The van der Waals surface area contributed by atoms with E-state index in [4.69, 9.17) is 11.6 Å². The van der Waals surface area contributed by atoms with Gasteiger partial charge in [-0.25, -0.2) is 4.98 Å². The number of rotatable bonds is 8. The van der Waals surface area contributed by atoms with Gasteiger partial charge in [0.2, 0.25) is 0 Å². The largest absolute Gasteiger partial charge is 0.366 e. The van der Waals surface area contributed by atoms with Crippen molar-refractivity contribution in [2.24, 2.45) is 0 Å². The van der Waals surface area contributed by atoms with E-state index in [1.54, 1.807) is 18.3 Å². The lowest BCUT2D eigenvalue weighted by molar-refractivity contribution is 0.0953. The molecule has 0 aliphatic heterocycles. The maximum atomic E-state index is 12.1. The van der Waals surface area contributed by atoms with Gasteiger partial charge in [0.25, 0.3) is 5.91 Å². The minimum Gasteiger partial charge on any atom is -0.366 e. The smallest absolute Gasteiger partial charge is 0.251 e. The highest BCUT2D eigenvalue weighted by molar-refractivity contribution is 6.31. The lowest BCUT2D eigenvalue weighted by Gasteiger charge is -2.09. The van der Waals surface area contributed by atoms with Crippen LogP contribution in [0.4, 0.5) is 5.82 Å². The molecule has 1 aromatic heterocycles. The van der Waals surface area contributed by atoms with Crippen LogP contribution in [-0.2, 0) is 6.54 Å². The van der Waals surface area contributed by atoms with E-state index in [1.807, 2.05) is 24.3 Å². The summed E-state index contributed by atoms with van der Waals surface area (Å²) in [5.74, 6) is 0.593. The molecule has 0 bridgehead atoms. The fourth-order valence-electron chi connectivity index (χ4n) is 2.17. The average Bonchev–Trinajstić information content (AvgIpc) is 2.58. The molecule has 23 heavy (non-hydrogen) atoms. The van der Waals surface area contributed by atoms with Crippen molar-refractivity contribution in [1.29, 1.82) is 0 Å². The number of halogens is 1. The predicted octanol–water partition coefficient (Wildman–Crippen LogP) is 4.27. The van der Waals surface area contributed by atoms with Crippen LogP contribution >= 0.6 is 11.6 Å². The number of benzene rings is 1. The van der Waals surface area contributed by atoms with Crippen molar-refractivity contribution in [3.63, 3.8) is 0 Å². The van der Waals surface area contributed by atoms with Gasteiger partial charge in [0, 0.05) is 29.9 Å². The first kappa shape index (κ1) is 17.3. The molecule has 0 saturated heterocycles. The van der Waals surface area contributed by atoms with Crippen molar-refractivity contribution in [2.75, 3.05) is 11.9 Å². The summed E-state index contributed by atoms with van der Waals surface area (Å²) in [5, 5.41) is 6.84. The zero-order valence-electron chi connectivity index (χ0n) is 13.3. The Labute approximate surface area is 142 Å². The lowest BCUT2D eigenvalue weighted by atomic mass is 10.2. The van der Waals surface area contributed by atoms with Gasteiger partial charge in [-0.1, -0.05) is 49.6 Å². The van der Waals surface area contributed by atoms with Crippen LogP contribution in [0.15, 0.2) is 42.6 Å². The molecule has 0 spiro atoms. The Hall–Kier alpha value is -2.07. The molecule has 0 aliphatic carbocycles. The number of carbonyl (C=O) groups excluding carboxylic acids is 1. The topological polar surface area (TPSA) is 54.0 Å². The van der Waals surface area contributed by atoms with Gasteiger partial charge < -0.3 is 10.6 Å². The van der Waals surface area contributed by atoms with Gasteiger partial charge in [-0.2, -0.15) is 0 Å². The molecule has 1 amide bonds. The SMILES string of the molecule is CCCCCNC(=O)c1ccnc(NCc2ccccc2Cl)c1. The maximum absolute atomic E-state index is 12.1. The van der Waals surface area contributed by atoms with Gasteiger partial charge in [0.1, 0.15) is 5.82 Å². The number of unbranched alkanes of at least 4 members (excludes halogenated alkanes) is 2. The highest BCUT2D eigenvalue weighted by Crippen LogP contribution is 2.16. The van der Waals surface area contributed by atoms with Crippen LogP contribution < -0.4 is 10.6 Å². The molecule has 2 aromatic rings. The molecule has 0 radical (unpaired) electrons. The lowest BCUT2D eigenvalue weighted by Crippen LogP contribution is -2.24. The van der Waals surface area contributed by atoms with Gasteiger partial charge in [0.15, 0.2) is 0 Å². The zero-order chi connectivity index (χ0) is 16.5. The van der Waals surface area contributed by atoms with Crippen LogP contribution in [0, 0.1) is 0 Å². The van der Waals surface area contributed by atoms with Gasteiger partial charge in [-0.15, -0.1) is 0 Å². The number of aromatic nitrogens is 1. The third kappa shape index (κ3) is 5.57. The first-order valence-electron chi connectivity index (χ1n) is 7.92. The van der Waals surface area contributed by atoms with Crippen LogP contribution in [-0.4, -0.2) is 17.4 Å². The Balaban J connectivity index is 1.91. The molecule has 2 N–H and O–H groups in total. The Morgan fingerprint density at radius 3 is 2.83 bits per heavy atom. The summed E-state index contributed by atoms with van der Waals surface area (Å²) >= 11 is 6.13. The molecule has 122 valence electrons. The van der Waals surface area contributed by atoms with E-state index in [-0.39, 0.29) is 5.91 Å². The number of hydrogen-bond acceptors (Lipinski definition) is 3. The van der Waals surface area contributed by atoms with Crippen molar-refractivity contribution >= 4 is 23.3 Å². The summed E-state index contributed by atoms with van der Waals surface area (Å²) < 4.78 is 0. The summed E-state index contributed by atoms with van der Waals surface area (Å²) in [5.41, 5.74) is 1.60. The van der Waals surface area contributed by atoms with Gasteiger partial charge in [-0.05, 0) is 30.2 Å². The van der Waals surface area contributed by atoms with Crippen LogP contribution in [0.2, 0.25) is 5.02 Å². The quantitative estimate of drug-likeness (QED) is 0.710. The molecule has 1 aromatic carbocycles. The fraction of sp³-hybridized carbons (Fsp3) is 0.333. The molecular formula is C18H22ClN3O. The molecule has 0 saturated carbocycles. The zero-order valence-corrected chi connectivity index (χ0v) is 14.1. The number of pyridine rings is 1. The molecule has 0 unspecified atom stereocenters. The fourth-order valence-corrected chi connectivity index (χ4v) is 2.38. The highest BCUT2D eigenvalue weighted by Gasteiger charge is 2.06. The second kappa shape index (κ2) is 9.16. The van der Waals surface area contributed by atoms with Crippen molar-refractivity contribution in [3.8, 4) is 0 Å². The number of amides is 1. The van der Waals surface area contributed by atoms with Gasteiger partial charge in [-0.3, -0.25) is 4.79 Å².